The first-order valence-corrected chi connectivity index (χ1v) is 11.5. The number of aromatic amines is 1. The molecule has 1 saturated heterocycles. The largest absolute Gasteiger partial charge is 0.573 e. The number of carbonyl (C=O) groups excluding carboxylic acids is 1. The highest BCUT2D eigenvalue weighted by Crippen LogP contribution is 2.51. The third-order valence-electron chi connectivity index (χ3n) is 6.33. The van der Waals surface area contributed by atoms with Crippen molar-refractivity contribution in [3.8, 4) is 5.75 Å². The van der Waals surface area contributed by atoms with Crippen LogP contribution in [0.2, 0.25) is 0 Å². The molecule has 9 nitrogen and oxygen atoms in total. The standard InChI is InChI=1S/C19H24F3N3O2.C4H4N2O2/c20-19(21,22)27-14-3-1-2-12(6-14)7-23-8-15-16-9-25(10-17(15)16)11-18(26)24-13-4-5-13;7-4(8)3-1-5-2-6-3/h1-3,6,13,15-17,23H,4-5,7-11H2,(H,24,26);1-2H,(H,5,6)(H,7,8). The Balaban J connectivity index is 0.000000308. The highest BCUT2D eigenvalue weighted by Gasteiger charge is 2.55. The summed E-state index contributed by atoms with van der Waals surface area (Å²) in [6, 6.07) is 6.47. The number of piperidine rings is 1. The number of halogens is 3. The van der Waals surface area contributed by atoms with Crippen molar-refractivity contribution in [2.45, 2.75) is 31.8 Å². The number of aromatic nitrogens is 2. The third-order valence-corrected chi connectivity index (χ3v) is 6.33. The van der Waals surface area contributed by atoms with E-state index in [2.05, 4.69) is 30.2 Å². The summed E-state index contributed by atoms with van der Waals surface area (Å²) in [5.41, 5.74) is 0.880. The second-order valence-corrected chi connectivity index (χ2v) is 9.12. The van der Waals surface area contributed by atoms with E-state index in [0.717, 1.165) is 38.0 Å². The van der Waals surface area contributed by atoms with E-state index in [-0.39, 0.29) is 17.4 Å². The summed E-state index contributed by atoms with van der Waals surface area (Å²) in [6.45, 7) is 3.78. The maximum Gasteiger partial charge on any atom is 0.573 e. The van der Waals surface area contributed by atoms with Crippen LogP contribution >= 0.6 is 0 Å². The van der Waals surface area contributed by atoms with Crippen molar-refractivity contribution in [1.29, 1.82) is 0 Å². The number of amides is 1. The molecule has 2 heterocycles. The summed E-state index contributed by atoms with van der Waals surface area (Å²) in [4.78, 5) is 30.0. The maximum absolute atomic E-state index is 12.3. The average molecular weight is 496 g/mol. The van der Waals surface area contributed by atoms with E-state index in [1.165, 1.54) is 24.7 Å². The number of nitrogens with one attached hydrogen (secondary N) is 3. The number of nitrogens with zero attached hydrogens (tertiary/aromatic N) is 2. The number of fused-ring (bicyclic) bond motifs is 1. The van der Waals surface area contributed by atoms with Crippen molar-refractivity contribution in [3.05, 3.63) is 48.0 Å². The Morgan fingerprint density at radius 3 is 2.54 bits per heavy atom. The van der Waals surface area contributed by atoms with Crippen LogP contribution in [0.15, 0.2) is 36.8 Å². The third kappa shape index (κ3) is 7.69. The number of aromatic carboxylic acids is 1. The molecule has 2 atom stereocenters. The van der Waals surface area contributed by atoms with Gasteiger partial charge in [0.15, 0.2) is 0 Å². The predicted octanol–water partition coefficient (Wildman–Crippen LogP) is 2.24. The minimum atomic E-state index is -4.67. The van der Waals surface area contributed by atoms with Crippen molar-refractivity contribution in [2.75, 3.05) is 26.2 Å². The minimum absolute atomic E-state index is 0.116. The first kappa shape index (κ1) is 25.0. The van der Waals surface area contributed by atoms with Crippen LogP contribution in [0.5, 0.6) is 5.75 Å². The zero-order chi connectivity index (χ0) is 25.0. The molecule has 1 aromatic heterocycles. The number of benzene rings is 1. The van der Waals surface area contributed by atoms with Crippen LogP contribution in [0.4, 0.5) is 13.2 Å². The number of H-pyrrole nitrogens is 1. The van der Waals surface area contributed by atoms with Crippen molar-refractivity contribution in [2.24, 2.45) is 17.8 Å². The van der Waals surface area contributed by atoms with Gasteiger partial charge < -0.3 is 25.5 Å². The van der Waals surface area contributed by atoms with Gasteiger partial charge in [-0.3, -0.25) is 9.69 Å². The molecule has 1 amide bonds. The van der Waals surface area contributed by atoms with E-state index in [9.17, 15) is 22.8 Å². The molecule has 0 spiro atoms. The van der Waals surface area contributed by atoms with Gasteiger partial charge in [0.05, 0.1) is 19.1 Å². The number of imidazole rings is 1. The van der Waals surface area contributed by atoms with Gasteiger partial charge in [-0.2, -0.15) is 0 Å². The number of hydrogen-bond acceptors (Lipinski definition) is 6. The molecular formula is C23H28F3N5O4. The summed E-state index contributed by atoms with van der Waals surface area (Å²) in [5.74, 6) is 0.821. The monoisotopic (exact) mass is 495 g/mol. The molecule has 12 heteroatoms. The van der Waals surface area contributed by atoms with Crippen LogP contribution in [0, 0.1) is 17.8 Å². The highest BCUT2D eigenvalue weighted by molar-refractivity contribution is 5.84. The van der Waals surface area contributed by atoms with Crippen LogP contribution in [-0.4, -0.2) is 70.4 Å². The first-order valence-electron chi connectivity index (χ1n) is 11.5. The van der Waals surface area contributed by atoms with Crippen LogP contribution in [0.1, 0.15) is 28.9 Å². The number of carboxylic acids is 1. The second-order valence-electron chi connectivity index (χ2n) is 9.12. The fourth-order valence-electron chi connectivity index (χ4n) is 4.48. The molecule has 2 aromatic rings. The molecule has 4 N–H and O–H groups in total. The van der Waals surface area contributed by atoms with Crippen molar-refractivity contribution in [1.82, 2.24) is 25.5 Å². The molecule has 0 bridgehead atoms. The zero-order valence-electron chi connectivity index (χ0n) is 18.9. The fourth-order valence-corrected chi connectivity index (χ4v) is 4.48. The quantitative estimate of drug-likeness (QED) is 0.421. The Morgan fingerprint density at radius 2 is 1.97 bits per heavy atom. The molecule has 1 aromatic carbocycles. The normalized spacial score (nSPS) is 23.1. The van der Waals surface area contributed by atoms with Gasteiger partial charge in [-0.1, -0.05) is 12.1 Å². The smallest absolute Gasteiger partial charge is 0.477 e. The molecule has 3 aliphatic rings. The number of alkyl halides is 3. The Labute approximate surface area is 200 Å². The molecule has 2 unspecified atom stereocenters. The van der Waals surface area contributed by atoms with E-state index < -0.39 is 12.3 Å². The Morgan fingerprint density at radius 1 is 1.23 bits per heavy atom. The summed E-state index contributed by atoms with van der Waals surface area (Å²) in [5, 5.41) is 14.6. The first-order chi connectivity index (χ1) is 16.7. The Kier molecular flexibility index (Phi) is 7.60. The Hall–Kier alpha value is -3.12. The summed E-state index contributed by atoms with van der Waals surface area (Å²) < 4.78 is 40.8. The SMILES string of the molecule is O=C(CN1CC2C(CNCc3cccc(OC(F)(F)F)c3)C2C1)NC1CC1.O=C(O)c1cnc[nH]1. The van der Waals surface area contributed by atoms with Gasteiger partial charge in [0.1, 0.15) is 11.4 Å². The molecule has 0 radical (unpaired) electrons. The van der Waals surface area contributed by atoms with Gasteiger partial charge in [0.25, 0.3) is 0 Å². The van der Waals surface area contributed by atoms with E-state index in [4.69, 9.17) is 5.11 Å². The number of carbonyl (C=O) groups is 2. The van der Waals surface area contributed by atoms with Gasteiger partial charge in [0.2, 0.25) is 5.91 Å². The lowest BCUT2D eigenvalue weighted by atomic mass is 10.2. The molecule has 5 rings (SSSR count). The lowest BCUT2D eigenvalue weighted by molar-refractivity contribution is -0.274. The number of carboxylic acid groups (broad SMARTS) is 1. The number of hydrogen-bond donors (Lipinski definition) is 4. The molecule has 1 aliphatic heterocycles. The molecule has 190 valence electrons. The highest BCUT2D eigenvalue weighted by atomic mass is 19.4. The van der Waals surface area contributed by atoms with E-state index in [1.54, 1.807) is 12.1 Å². The molecule has 35 heavy (non-hydrogen) atoms. The lowest BCUT2D eigenvalue weighted by Gasteiger charge is -2.19. The van der Waals surface area contributed by atoms with Crippen LogP contribution in [-0.2, 0) is 11.3 Å². The van der Waals surface area contributed by atoms with Gasteiger partial charge in [-0.05, 0) is 54.8 Å². The average Bonchev–Trinajstić information content (AvgIpc) is 3.54. The fraction of sp³-hybridized carbons (Fsp3) is 0.522. The van der Waals surface area contributed by atoms with Gasteiger partial charge >= 0.3 is 12.3 Å². The molecule has 3 fully saturated rings. The molecular weight excluding hydrogens is 467 g/mol. The van der Waals surface area contributed by atoms with Gasteiger partial charge in [-0.25, -0.2) is 9.78 Å². The van der Waals surface area contributed by atoms with Crippen LogP contribution in [0.3, 0.4) is 0 Å². The van der Waals surface area contributed by atoms with E-state index in [0.29, 0.717) is 36.9 Å². The minimum Gasteiger partial charge on any atom is -0.477 e. The number of likely N-dealkylation sites (tertiary alicyclic amines) is 1. The molecule has 2 saturated carbocycles. The van der Waals surface area contributed by atoms with Gasteiger partial charge in [-0.15, -0.1) is 13.2 Å². The predicted molar refractivity (Wildman–Crippen MR) is 118 cm³/mol. The summed E-state index contributed by atoms with van der Waals surface area (Å²) >= 11 is 0. The van der Waals surface area contributed by atoms with E-state index >= 15 is 0 Å². The number of ether oxygens (including phenoxy) is 1. The summed E-state index contributed by atoms with van der Waals surface area (Å²) in [7, 11) is 0. The second kappa shape index (κ2) is 10.6. The van der Waals surface area contributed by atoms with Crippen LogP contribution < -0.4 is 15.4 Å². The van der Waals surface area contributed by atoms with Gasteiger partial charge in [0, 0.05) is 25.7 Å². The molecule has 2 aliphatic carbocycles. The zero-order valence-corrected chi connectivity index (χ0v) is 18.9. The van der Waals surface area contributed by atoms with Crippen LogP contribution in [0.25, 0.3) is 0 Å². The number of rotatable bonds is 9. The topological polar surface area (TPSA) is 120 Å². The van der Waals surface area contributed by atoms with Crippen molar-refractivity contribution < 1.29 is 32.6 Å². The van der Waals surface area contributed by atoms with Crippen molar-refractivity contribution >= 4 is 11.9 Å². The Bertz CT molecular complexity index is 1000. The van der Waals surface area contributed by atoms with Crippen molar-refractivity contribution in [3.63, 3.8) is 0 Å². The van der Waals surface area contributed by atoms with E-state index in [1.807, 2.05) is 0 Å². The lowest BCUT2D eigenvalue weighted by Crippen LogP contribution is -2.38. The maximum atomic E-state index is 12.3. The summed E-state index contributed by atoms with van der Waals surface area (Å²) in [6.07, 6.45) is 0.122.